The predicted molar refractivity (Wildman–Crippen MR) is 150 cm³/mol. The van der Waals surface area contributed by atoms with E-state index in [0.29, 0.717) is 53.0 Å². The first-order valence-electron chi connectivity index (χ1n) is 13.0. The monoisotopic (exact) mass is 537 g/mol. The summed E-state index contributed by atoms with van der Waals surface area (Å²) < 4.78 is 36.6. The summed E-state index contributed by atoms with van der Waals surface area (Å²) in [6.07, 6.45) is 3.73. The fraction of sp³-hybridized carbons (Fsp3) is 0.393. The van der Waals surface area contributed by atoms with Crippen LogP contribution < -0.4 is 15.0 Å². The minimum Gasteiger partial charge on any atom is -0.493 e. The molecule has 2 heterocycles. The zero-order valence-corrected chi connectivity index (χ0v) is 23.4. The highest BCUT2D eigenvalue weighted by Crippen LogP contribution is 2.31. The van der Waals surface area contributed by atoms with E-state index >= 15 is 0 Å². The highest BCUT2D eigenvalue weighted by molar-refractivity contribution is 7.92. The minimum absolute atomic E-state index is 0.0246. The lowest BCUT2D eigenvalue weighted by molar-refractivity contribution is 0.341. The Labute approximate surface area is 223 Å². The summed E-state index contributed by atoms with van der Waals surface area (Å²) in [6, 6.07) is 11.8. The van der Waals surface area contributed by atoms with Gasteiger partial charge in [0.25, 0.3) is 15.6 Å². The molecule has 0 saturated carbocycles. The van der Waals surface area contributed by atoms with Gasteiger partial charge in [-0.2, -0.15) is 0 Å². The van der Waals surface area contributed by atoms with E-state index in [-0.39, 0.29) is 16.3 Å². The fourth-order valence-electron chi connectivity index (χ4n) is 4.35. The fourth-order valence-corrected chi connectivity index (χ4v) is 5.43. The number of unbranched alkanes of at least 4 members (excludes halogenated alkanes) is 2. The largest absolute Gasteiger partial charge is 0.493 e. The molecule has 0 unspecified atom stereocenters. The average Bonchev–Trinajstić information content (AvgIpc) is 3.20. The molecule has 4 aromatic rings. The summed E-state index contributed by atoms with van der Waals surface area (Å²) in [4.78, 5) is 20.5. The number of aromatic amines is 1. The van der Waals surface area contributed by atoms with Gasteiger partial charge < -0.3 is 9.72 Å². The number of H-pyrrole nitrogens is 1. The standard InChI is InChI=1S/C28H35N5O4S/c1-6-8-9-10-25-29-19(5)26-28(34)30-27(31-33(25)26)23-17-22(15-16-24(23)37-7-2)38(35,36)32-21-13-11-20(12-14-21)18(3)4/h11-18,32H,6-10H2,1-5H3,(H,30,31,34). The molecule has 2 aromatic carbocycles. The second-order valence-corrected chi connectivity index (χ2v) is 11.3. The Morgan fingerprint density at radius 1 is 1.08 bits per heavy atom. The van der Waals surface area contributed by atoms with Crippen molar-refractivity contribution in [3.8, 4) is 17.1 Å². The summed E-state index contributed by atoms with van der Waals surface area (Å²) >= 11 is 0. The molecule has 4 rings (SSSR count). The maximum absolute atomic E-state index is 13.3. The van der Waals surface area contributed by atoms with E-state index in [1.807, 2.05) is 19.1 Å². The maximum Gasteiger partial charge on any atom is 0.277 e. The molecule has 0 aliphatic heterocycles. The maximum atomic E-state index is 13.3. The van der Waals surface area contributed by atoms with Crippen molar-refractivity contribution in [2.45, 2.75) is 71.1 Å². The molecule has 2 aromatic heterocycles. The number of sulfonamides is 1. The van der Waals surface area contributed by atoms with Crippen LogP contribution in [-0.4, -0.2) is 34.6 Å². The van der Waals surface area contributed by atoms with Crippen molar-refractivity contribution >= 4 is 21.2 Å². The molecule has 9 nitrogen and oxygen atoms in total. The highest BCUT2D eigenvalue weighted by Gasteiger charge is 2.21. The number of aryl methyl sites for hydroxylation is 2. The molecule has 0 aliphatic rings. The van der Waals surface area contributed by atoms with Crippen LogP contribution in [0.2, 0.25) is 0 Å². The number of fused-ring (bicyclic) bond motifs is 1. The second kappa shape index (κ2) is 11.4. The van der Waals surface area contributed by atoms with Gasteiger partial charge in [0.2, 0.25) is 0 Å². The van der Waals surface area contributed by atoms with E-state index in [9.17, 15) is 13.2 Å². The van der Waals surface area contributed by atoms with Crippen molar-refractivity contribution in [3.05, 3.63) is 69.9 Å². The van der Waals surface area contributed by atoms with Gasteiger partial charge in [-0.05, 0) is 62.1 Å². The van der Waals surface area contributed by atoms with Crippen molar-refractivity contribution < 1.29 is 13.2 Å². The van der Waals surface area contributed by atoms with E-state index in [0.717, 1.165) is 24.8 Å². The van der Waals surface area contributed by atoms with Gasteiger partial charge in [0.05, 0.1) is 22.8 Å². The number of aromatic nitrogens is 4. The van der Waals surface area contributed by atoms with Crippen LogP contribution in [0, 0.1) is 6.92 Å². The third kappa shape index (κ3) is 5.75. The smallest absolute Gasteiger partial charge is 0.277 e. The first-order valence-corrected chi connectivity index (χ1v) is 14.5. The van der Waals surface area contributed by atoms with E-state index in [4.69, 9.17) is 4.74 Å². The molecule has 0 atom stereocenters. The van der Waals surface area contributed by atoms with Crippen LogP contribution in [-0.2, 0) is 16.4 Å². The summed E-state index contributed by atoms with van der Waals surface area (Å²) in [5.41, 5.74) is 2.59. The molecule has 10 heteroatoms. The summed E-state index contributed by atoms with van der Waals surface area (Å²) in [5, 5.41) is 4.69. The van der Waals surface area contributed by atoms with Crippen LogP contribution in [0.5, 0.6) is 5.75 Å². The van der Waals surface area contributed by atoms with Crippen molar-refractivity contribution in [2.75, 3.05) is 11.3 Å². The lowest BCUT2D eigenvalue weighted by Crippen LogP contribution is -2.17. The molecule has 0 bridgehead atoms. The number of rotatable bonds is 11. The number of benzene rings is 2. The molecular weight excluding hydrogens is 502 g/mol. The first-order chi connectivity index (χ1) is 18.1. The zero-order valence-electron chi connectivity index (χ0n) is 22.5. The molecule has 0 amide bonds. The molecule has 0 saturated heterocycles. The molecule has 0 spiro atoms. The molecule has 0 radical (unpaired) electrons. The number of anilines is 1. The second-order valence-electron chi connectivity index (χ2n) is 9.61. The Morgan fingerprint density at radius 2 is 1.82 bits per heavy atom. The number of hydrogen-bond acceptors (Lipinski definition) is 6. The number of nitrogens with one attached hydrogen (secondary N) is 2. The van der Waals surface area contributed by atoms with Crippen LogP contribution in [0.1, 0.15) is 70.0 Å². The van der Waals surface area contributed by atoms with Gasteiger partial charge >= 0.3 is 0 Å². The van der Waals surface area contributed by atoms with Gasteiger partial charge in [0, 0.05) is 12.1 Å². The van der Waals surface area contributed by atoms with E-state index < -0.39 is 10.0 Å². The van der Waals surface area contributed by atoms with E-state index in [1.165, 1.54) is 12.1 Å². The van der Waals surface area contributed by atoms with Gasteiger partial charge in [-0.3, -0.25) is 9.52 Å². The SMILES string of the molecule is CCCCCc1nc(C)c2c(=O)[nH]c(-c3cc(S(=O)(=O)Nc4ccc(C(C)C)cc4)ccc3OCC)nn12. The van der Waals surface area contributed by atoms with Crippen LogP contribution in [0.15, 0.2) is 52.2 Å². The van der Waals surface area contributed by atoms with E-state index in [1.54, 1.807) is 29.6 Å². The van der Waals surface area contributed by atoms with Gasteiger partial charge in [0.1, 0.15) is 11.6 Å². The summed E-state index contributed by atoms with van der Waals surface area (Å²) in [7, 11) is -3.92. The van der Waals surface area contributed by atoms with Crippen molar-refractivity contribution in [2.24, 2.45) is 0 Å². The number of imidazole rings is 1. The van der Waals surface area contributed by atoms with Crippen molar-refractivity contribution in [1.29, 1.82) is 0 Å². The Morgan fingerprint density at radius 3 is 2.47 bits per heavy atom. The zero-order chi connectivity index (χ0) is 27.4. The molecule has 0 aliphatic carbocycles. The average molecular weight is 538 g/mol. The van der Waals surface area contributed by atoms with Gasteiger partial charge in [-0.15, -0.1) is 5.10 Å². The van der Waals surface area contributed by atoms with Crippen LogP contribution >= 0.6 is 0 Å². The Kier molecular flexibility index (Phi) is 8.20. The lowest BCUT2D eigenvalue weighted by Gasteiger charge is -2.14. The first kappa shape index (κ1) is 27.4. The number of hydrogen-bond donors (Lipinski definition) is 2. The van der Waals surface area contributed by atoms with Crippen LogP contribution in [0.3, 0.4) is 0 Å². The normalized spacial score (nSPS) is 11.8. The van der Waals surface area contributed by atoms with Crippen LogP contribution in [0.4, 0.5) is 5.69 Å². The Balaban J connectivity index is 1.77. The predicted octanol–water partition coefficient (Wildman–Crippen LogP) is 5.45. The van der Waals surface area contributed by atoms with Gasteiger partial charge in [0.15, 0.2) is 11.3 Å². The van der Waals surface area contributed by atoms with Crippen LogP contribution in [0.25, 0.3) is 16.9 Å². The quantitative estimate of drug-likeness (QED) is 0.246. The Hall–Kier alpha value is -3.66. The third-order valence-electron chi connectivity index (χ3n) is 6.39. The summed E-state index contributed by atoms with van der Waals surface area (Å²) in [6.45, 7) is 10.3. The topological polar surface area (TPSA) is 118 Å². The Bertz CT molecular complexity index is 1590. The number of nitrogens with zero attached hydrogens (tertiary/aromatic N) is 3. The summed E-state index contributed by atoms with van der Waals surface area (Å²) in [5.74, 6) is 1.66. The molecule has 38 heavy (non-hydrogen) atoms. The van der Waals surface area contributed by atoms with E-state index in [2.05, 4.69) is 40.6 Å². The van der Waals surface area contributed by atoms with Gasteiger partial charge in [-0.25, -0.2) is 17.9 Å². The van der Waals surface area contributed by atoms with Crippen molar-refractivity contribution in [1.82, 2.24) is 19.6 Å². The van der Waals surface area contributed by atoms with Gasteiger partial charge in [-0.1, -0.05) is 45.7 Å². The van der Waals surface area contributed by atoms with Crippen molar-refractivity contribution in [3.63, 3.8) is 0 Å². The minimum atomic E-state index is -3.92. The molecule has 202 valence electrons. The molecule has 2 N–H and O–H groups in total. The number of ether oxygens (including phenoxy) is 1. The third-order valence-corrected chi connectivity index (χ3v) is 7.77. The molecular formula is C28H35N5O4S. The highest BCUT2D eigenvalue weighted by atomic mass is 32.2. The lowest BCUT2D eigenvalue weighted by atomic mass is 10.0. The molecule has 0 fully saturated rings.